The number of amides is 1. The molecule has 2 aromatic carbocycles. The van der Waals surface area contributed by atoms with Crippen LogP contribution in [0, 0.1) is 0 Å². The van der Waals surface area contributed by atoms with Crippen LogP contribution in [-0.2, 0) is 0 Å². The van der Waals surface area contributed by atoms with Gasteiger partial charge in [0.1, 0.15) is 0 Å². The van der Waals surface area contributed by atoms with E-state index in [2.05, 4.69) is 22.2 Å². The number of carbonyl (C=O) groups is 1. The van der Waals surface area contributed by atoms with Gasteiger partial charge in [-0.05, 0) is 30.2 Å². The number of carbonyl (C=O) groups excluding carboxylic acids is 1. The van der Waals surface area contributed by atoms with E-state index in [1.807, 2.05) is 42.5 Å². The zero-order chi connectivity index (χ0) is 17.6. The van der Waals surface area contributed by atoms with E-state index in [0.29, 0.717) is 5.56 Å². The molecular formula is C20H20N4O. The molecule has 0 aliphatic carbocycles. The van der Waals surface area contributed by atoms with Crippen molar-refractivity contribution in [1.29, 1.82) is 0 Å². The standard InChI is InChI=1S/C20H20N4O/c1-2-17(14-6-4-3-5-7-14)23-19(25)16-10-8-15(9-11-16)18-12-13-22-20(21)24-18/h3-13,17H,2H2,1H3,(H,23,25)(H2,21,22,24)/t17-/m0/s1. The van der Waals surface area contributed by atoms with Crippen LogP contribution < -0.4 is 11.1 Å². The summed E-state index contributed by atoms with van der Waals surface area (Å²) in [4.78, 5) is 20.6. The molecule has 5 heteroatoms. The van der Waals surface area contributed by atoms with Gasteiger partial charge in [-0.3, -0.25) is 4.79 Å². The Balaban J connectivity index is 1.74. The number of benzene rings is 2. The fourth-order valence-corrected chi connectivity index (χ4v) is 2.67. The molecule has 3 aromatic rings. The lowest BCUT2D eigenvalue weighted by Gasteiger charge is -2.17. The molecule has 25 heavy (non-hydrogen) atoms. The van der Waals surface area contributed by atoms with Gasteiger partial charge >= 0.3 is 0 Å². The number of nitrogens with two attached hydrogens (primary N) is 1. The van der Waals surface area contributed by atoms with Crippen LogP contribution in [0.4, 0.5) is 5.95 Å². The van der Waals surface area contributed by atoms with Crippen molar-refractivity contribution >= 4 is 11.9 Å². The van der Waals surface area contributed by atoms with Crippen molar-refractivity contribution in [1.82, 2.24) is 15.3 Å². The maximum absolute atomic E-state index is 12.5. The van der Waals surface area contributed by atoms with E-state index in [4.69, 9.17) is 5.73 Å². The molecule has 5 nitrogen and oxygen atoms in total. The minimum atomic E-state index is -0.0931. The molecule has 3 rings (SSSR count). The van der Waals surface area contributed by atoms with E-state index in [-0.39, 0.29) is 17.9 Å². The first-order chi connectivity index (χ1) is 12.2. The van der Waals surface area contributed by atoms with E-state index >= 15 is 0 Å². The van der Waals surface area contributed by atoms with Crippen LogP contribution >= 0.6 is 0 Å². The molecule has 0 radical (unpaired) electrons. The van der Waals surface area contributed by atoms with E-state index in [1.54, 1.807) is 24.4 Å². The topological polar surface area (TPSA) is 80.9 Å². The minimum Gasteiger partial charge on any atom is -0.368 e. The second kappa shape index (κ2) is 7.57. The van der Waals surface area contributed by atoms with Crippen molar-refractivity contribution in [3.8, 4) is 11.3 Å². The van der Waals surface area contributed by atoms with Gasteiger partial charge in [-0.2, -0.15) is 0 Å². The largest absolute Gasteiger partial charge is 0.368 e. The molecule has 1 aromatic heterocycles. The highest BCUT2D eigenvalue weighted by Crippen LogP contribution is 2.19. The molecular weight excluding hydrogens is 312 g/mol. The molecule has 0 fully saturated rings. The average molecular weight is 332 g/mol. The maximum Gasteiger partial charge on any atom is 0.251 e. The smallest absolute Gasteiger partial charge is 0.251 e. The number of hydrogen-bond acceptors (Lipinski definition) is 4. The molecule has 0 unspecified atom stereocenters. The number of hydrogen-bond donors (Lipinski definition) is 2. The molecule has 1 amide bonds. The highest BCUT2D eigenvalue weighted by Gasteiger charge is 2.14. The Morgan fingerprint density at radius 2 is 1.80 bits per heavy atom. The predicted octanol–water partition coefficient (Wildman–Crippen LogP) is 3.61. The normalized spacial score (nSPS) is 11.7. The zero-order valence-electron chi connectivity index (χ0n) is 14.0. The zero-order valence-corrected chi connectivity index (χ0v) is 14.0. The van der Waals surface area contributed by atoms with Crippen molar-refractivity contribution in [3.05, 3.63) is 78.0 Å². The Morgan fingerprint density at radius 1 is 1.08 bits per heavy atom. The molecule has 3 N–H and O–H groups in total. The summed E-state index contributed by atoms with van der Waals surface area (Å²) in [7, 11) is 0. The Labute approximate surface area is 146 Å². The van der Waals surface area contributed by atoms with E-state index in [1.165, 1.54) is 0 Å². The Kier molecular flexibility index (Phi) is 5.04. The second-order valence-electron chi connectivity index (χ2n) is 5.72. The first kappa shape index (κ1) is 16.6. The minimum absolute atomic E-state index is 0.00459. The van der Waals surface area contributed by atoms with Crippen LogP contribution in [0.25, 0.3) is 11.3 Å². The number of nitrogens with zero attached hydrogens (tertiary/aromatic N) is 2. The van der Waals surface area contributed by atoms with Crippen molar-refractivity contribution < 1.29 is 4.79 Å². The Bertz CT molecular complexity index is 847. The van der Waals surface area contributed by atoms with Gasteiger partial charge in [-0.25, -0.2) is 9.97 Å². The van der Waals surface area contributed by atoms with Crippen LogP contribution in [0.3, 0.4) is 0 Å². The molecule has 0 aliphatic rings. The third-order valence-electron chi connectivity index (χ3n) is 4.03. The molecule has 0 spiro atoms. The number of nitrogens with one attached hydrogen (secondary N) is 1. The Hall–Kier alpha value is -3.21. The van der Waals surface area contributed by atoms with Gasteiger partial charge < -0.3 is 11.1 Å². The number of rotatable bonds is 5. The van der Waals surface area contributed by atoms with Crippen LogP contribution in [0.1, 0.15) is 35.3 Å². The third kappa shape index (κ3) is 4.01. The highest BCUT2D eigenvalue weighted by atomic mass is 16.1. The van der Waals surface area contributed by atoms with Gasteiger partial charge in [0.15, 0.2) is 0 Å². The van der Waals surface area contributed by atoms with E-state index in [0.717, 1.165) is 23.2 Å². The predicted molar refractivity (Wildman–Crippen MR) is 98.8 cm³/mol. The summed E-state index contributed by atoms with van der Waals surface area (Å²) in [5, 5.41) is 3.08. The molecule has 0 aliphatic heterocycles. The molecule has 1 heterocycles. The number of aromatic nitrogens is 2. The van der Waals surface area contributed by atoms with Gasteiger partial charge in [0.05, 0.1) is 11.7 Å². The molecule has 1 atom stereocenters. The van der Waals surface area contributed by atoms with Crippen molar-refractivity contribution in [2.75, 3.05) is 5.73 Å². The average Bonchev–Trinajstić information content (AvgIpc) is 2.67. The molecule has 126 valence electrons. The lowest BCUT2D eigenvalue weighted by atomic mass is 10.0. The van der Waals surface area contributed by atoms with Crippen LogP contribution in [0.2, 0.25) is 0 Å². The first-order valence-corrected chi connectivity index (χ1v) is 8.22. The van der Waals surface area contributed by atoms with Crippen molar-refractivity contribution in [2.45, 2.75) is 19.4 Å². The number of anilines is 1. The van der Waals surface area contributed by atoms with Crippen LogP contribution in [0.5, 0.6) is 0 Å². The van der Waals surface area contributed by atoms with E-state index in [9.17, 15) is 4.79 Å². The first-order valence-electron chi connectivity index (χ1n) is 8.22. The highest BCUT2D eigenvalue weighted by molar-refractivity contribution is 5.94. The SMILES string of the molecule is CC[C@H](NC(=O)c1ccc(-c2ccnc(N)n2)cc1)c1ccccc1. The van der Waals surface area contributed by atoms with Crippen LogP contribution in [-0.4, -0.2) is 15.9 Å². The lowest BCUT2D eigenvalue weighted by Crippen LogP contribution is -2.28. The maximum atomic E-state index is 12.5. The van der Waals surface area contributed by atoms with Gasteiger partial charge in [0.2, 0.25) is 5.95 Å². The Morgan fingerprint density at radius 3 is 2.44 bits per heavy atom. The van der Waals surface area contributed by atoms with Crippen molar-refractivity contribution in [2.24, 2.45) is 0 Å². The summed E-state index contributed by atoms with van der Waals surface area (Å²) in [6.07, 6.45) is 2.44. The third-order valence-corrected chi connectivity index (χ3v) is 4.03. The summed E-state index contributed by atoms with van der Waals surface area (Å²) in [6.45, 7) is 2.06. The van der Waals surface area contributed by atoms with Gasteiger partial charge in [0.25, 0.3) is 5.91 Å². The quantitative estimate of drug-likeness (QED) is 0.748. The molecule has 0 bridgehead atoms. The summed E-state index contributed by atoms with van der Waals surface area (Å²) in [5.74, 6) is 0.137. The molecule has 0 saturated heterocycles. The van der Waals surface area contributed by atoms with Crippen molar-refractivity contribution in [3.63, 3.8) is 0 Å². The summed E-state index contributed by atoms with van der Waals surface area (Å²) in [6, 6.07) is 19.1. The second-order valence-corrected chi connectivity index (χ2v) is 5.72. The van der Waals surface area contributed by atoms with Gasteiger partial charge in [-0.1, -0.05) is 49.4 Å². The van der Waals surface area contributed by atoms with Gasteiger partial charge in [-0.15, -0.1) is 0 Å². The van der Waals surface area contributed by atoms with Gasteiger partial charge in [0, 0.05) is 17.3 Å². The van der Waals surface area contributed by atoms with E-state index < -0.39 is 0 Å². The fourth-order valence-electron chi connectivity index (χ4n) is 2.67. The monoisotopic (exact) mass is 332 g/mol. The summed E-state index contributed by atoms with van der Waals surface area (Å²) in [5.41, 5.74) is 8.95. The fraction of sp³-hybridized carbons (Fsp3) is 0.150. The molecule has 0 saturated carbocycles. The summed E-state index contributed by atoms with van der Waals surface area (Å²) < 4.78 is 0. The number of nitrogen functional groups attached to an aromatic ring is 1. The van der Waals surface area contributed by atoms with Crippen LogP contribution in [0.15, 0.2) is 66.9 Å². The lowest BCUT2D eigenvalue weighted by molar-refractivity contribution is 0.0935. The summed E-state index contributed by atoms with van der Waals surface area (Å²) >= 11 is 0.